The molecule has 0 aliphatic carbocycles. The Kier molecular flexibility index (Phi) is 34.5. The van der Waals surface area contributed by atoms with Gasteiger partial charge in [0, 0.05) is 0 Å². The number of carbonyl (C=O) groups is 2. The summed E-state index contributed by atoms with van der Waals surface area (Å²) in [4.78, 5) is 26.4. The topological polar surface area (TPSA) is 71.1 Å². The van der Waals surface area contributed by atoms with Crippen molar-refractivity contribution < 1.29 is 37.5 Å². The molecule has 0 heterocycles. The number of unbranched alkanes of at least 4 members (excludes halogenated alkanes) is 25. The lowest BCUT2D eigenvalue weighted by Crippen LogP contribution is -2.59. The van der Waals surface area contributed by atoms with Crippen LogP contribution >= 0.6 is 0 Å². The second-order valence-corrected chi connectivity index (χ2v) is 21.0. The number of esters is 2. The Bertz CT molecular complexity index is 945. The van der Waals surface area contributed by atoms with E-state index in [0.29, 0.717) is 22.2 Å². The number of rotatable bonds is 41. The minimum absolute atomic E-state index is 0.147. The fourth-order valence-electron chi connectivity index (χ4n) is 8.71. The van der Waals surface area contributed by atoms with Crippen LogP contribution in [0.1, 0.15) is 235 Å². The SMILES string of the molecule is CCCCCCCCCCCC[N+](C)(CCCCCCCCCC[N+](C)(CCCCCCCCCCCC)[C@@H](COC(C)(C)C)C(=O)OC)[C@@H](COC(C)(C)C)C(=O)OC. The fourth-order valence-corrected chi connectivity index (χ4v) is 8.71. The van der Waals surface area contributed by atoms with E-state index in [1.807, 2.05) is 0 Å². The molecule has 358 valence electrons. The van der Waals surface area contributed by atoms with Crippen LogP contribution in [0.5, 0.6) is 0 Å². The molecule has 60 heavy (non-hydrogen) atoms. The summed E-state index contributed by atoms with van der Waals surface area (Å²) in [5, 5.41) is 0. The Morgan fingerprint density at radius 3 is 0.767 bits per heavy atom. The molecule has 2 unspecified atom stereocenters. The van der Waals surface area contributed by atoms with Crippen LogP contribution in [-0.2, 0) is 28.5 Å². The Morgan fingerprint density at radius 1 is 0.383 bits per heavy atom. The van der Waals surface area contributed by atoms with E-state index >= 15 is 0 Å². The van der Waals surface area contributed by atoms with Crippen molar-refractivity contribution in [3.05, 3.63) is 0 Å². The largest absolute Gasteiger partial charge is 0.465 e. The van der Waals surface area contributed by atoms with Gasteiger partial charge in [-0.3, -0.25) is 0 Å². The van der Waals surface area contributed by atoms with E-state index in [2.05, 4.69) is 69.5 Å². The number of quaternary nitrogens is 2. The number of methoxy groups -OCH3 is 2. The number of hydrogen-bond donors (Lipinski definition) is 0. The van der Waals surface area contributed by atoms with Gasteiger partial charge in [-0.15, -0.1) is 0 Å². The molecule has 0 fully saturated rings. The molecule has 0 aromatic rings. The van der Waals surface area contributed by atoms with E-state index in [1.54, 1.807) is 0 Å². The number of carbonyl (C=O) groups excluding carboxylic acids is 2. The van der Waals surface area contributed by atoms with Gasteiger partial charge in [-0.1, -0.05) is 142 Å². The third-order valence-electron chi connectivity index (χ3n) is 12.9. The van der Waals surface area contributed by atoms with Gasteiger partial charge in [0.2, 0.25) is 12.1 Å². The zero-order valence-corrected chi connectivity index (χ0v) is 42.5. The zero-order chi connectivity index (χ0) is 45.2. The van der Waals surface area contributed by atoms with Crippen LogP contribution < -0.4 is 0 Å². The van der Waals surface area contributed by atoms with E-state index < -0.39 is 0 Å². The van der Waals surface area contributed by atoms with Crippen molar-refractivity contribution in [2.45, 2.75) is 258 Å². The van der Waals surface area contributed by atoms with E-state index in [4.69, 9.17) is 18.9 Å². The van der Waals surface area contributed by atoms with Crippen molar-refractivity contribution in [1.29, 1.82) is 0 Å². The second kappa shape index (κ2) is 35.2. The molecule has 0 rings (SSSR count). The number of hydrogen-bond acceptors (Lipinski definition) is 6. The third kappa shape index (κ3) is 30.8. The molecule has 0 aliphatic heterocycles. The fraction of sp³-hybridized carbons (Fsp3) is 0.962. The summed E-state index contributed by atoms with van der Waals surface area (Å²) in [7, 11) is 7.58. The summed E-state index contributed by atoms with van der Waals surface area (Å²) in [6, 6.07) is -0.610. The molecule has 0 saturated carbocycles. The number of nitrogens with zero attached hydrogens (tertiary/aromatic N) is 2. The van der Waals surface area contributed by atoms with Crippen LogP contribution in [-0.4, -0.2) is 112 Å². The predicted molar refractivity (Wildman–Crippen MR) is 255 cm³/mol. The van der Waals surface area contributed by atoms with E-state index in [1.165, 1.54) is 168 Å². The summed E-state index contributed by atoms with van der Waals surface area (Å²) in [6.45, 7) is 21.6. The lowest BCUT2D eigenvalue weighted by atomic mass is 10.0. The monoisotopic (exact) mass is 855 g/mol. The summed E-state index contributed by atoms with van der Waals surface area (Å²) >= 11 is 0. The van der Waals surface area contributed by atoms with Crippen LogP contribution in [0.25, 0.3) is 0 Å². The summed E-state index contributed by atoms with van der Waals surface area (Å²) < 4.78 is 24.6. The highest BCUT2D eigenvalue weighted by Crippen LogP contribution is 2.24. The van der Waals surface area contributed by atoms with Gasteiger partial charge in [-0.25, -0.2) is 9.59 Å². The van der Waals surface area contributed by atoms with Gasteiger partial charge >= 0.3 is 11.9 Å². The average molecular weight is 855 g/mol. The van der Waals surface area contributed by atoms with Gasteiger partial charge in [-0.05, 0) is 92.9 Å². The minimum Gasteiger partial charge on any atom is -0.465 e. The van der Waals surface area contributed by atoms with Gasteiger partial charge in [0.1, 0.15) is 13.2 Å². The Hall–Kier alpha value is -1.22. The average Bonchev–Trinajstić information content (AvgIpc) is 3.19. The first-order valence-electron chi connectivity index (χ1n) is 25.6. The molecule has 0 aliphatic rings. The van der Waals surface area contributed by atoms with Crippen LogP contribution in [0.3, 0.4) is 0 Å². The molecule has 0 spiro atoms. The highest BCUT2D eigenvalue weighted by atomic mass is 16.5. The molecule has 0 N–H and O–H groups in total. The van der Waals surface area contributed by atoms with Gasteiger partial charge in [0.05, 0.1) is 65.7 Å². The maximum Gasteiger partial charge on any atom is 0.367 e. The van der Waals surface area contributed by atoms with Crippen LogP contribution in [0.2, 0.25) is 0 Å². The van der Waals surface area contributed by atoms with Gasteiger partial charge in [0.15, 0.2) is 0 Å². The van der Waals surface area contributed by atoms with E-state index in [-0.39, 0.29) is 35.2 Å². The van der Waals surface area contributed by atoms with Crippen LogP contribution in [0.15, 0.2) is 0 Å². The third-order valence-corrected chi connectivity index (χ3v) is 12.9. The Balaban J connectivity index is 5.09. The molecule has 8 heteroatoms. The van der Waals surface area contributed by atoms with Crippen LogP contribution in [0.4, 0.5) is 0 Å². The molecular formula is C52H106N2O6+2. The summed E-state index contributed by atoms with van der Waals surface area (Å²) in [5.74, 6) is -0.293. The van der Waals surface area contributed by atoms with Gasteiger partial charge in [0.25, 0.3) is 0 Å². The minimum atomic E-state index is -0.305. The van der Waals surface area contributed by atoms with Crippen LogP contribution in [0, 0.1) is 0 Å². The molecule has 0 saturated heterocycles. The summed E-state index contributed by atoms with van der Waals surface area (Å²) in [6.07, 6.45) is 35.7. The molecule has 0 bridgehead atoms. The molecule has 0 radical (unpaired) electrons. The predicted octanol–water partition coefficient (Wildman–Crippen LogP) is 13.6. The summed E-state index contributed by atoms with van der Waals surface area (Å²) in [5.41, 5.74) is -0.607. The zero-order valence-electron chi connectivity index (χ0n) is 42.5. The lowest BCUT2D eigenvalue weighted by Gasteiger charge is -2.41. The highest BCUT2D eigenvalue weighted by molar-refractivity contribution is 5.75. The van der Waals surface area contributed by atoms with Crippen molar-refractivity contribution in [3.63, 3.8) is 0 Å². The standard InChI is InChI=1S/C52H106N2O6/c1-13-15-17-19-21-23-25-29-33-37-41-53(9,47(49(55)57-11)45-59-51(3,4)5)43-39-35-31-27-28-32-36-40-44-54(10,48(50(56)58-12)46-60-52(6,7)8)42-38-34-30-26-24-22-20-18-16-14-2/h47-48H,13-46H2,1-12H3/q+2/t47-,48-,53?,54?/m0/s1. The highest BCUT2D eigenvalue weighted by Gasteiger charge is 2.41. The van der Waals surface area contributed by atoms with Gasteiger partial charge < -0.3 is 27.9 Å². The molecule has 4 atom stereocenters. The van der Waals surface area contributed by atoms with Crippen molar-refractivity contribution in [1.82, 2.24) is 0 Å². The van der Waals surface area contributed by atoms with Gasteiger partial charge in [-0.2, -0.15) is 0 Å². The van der Waals surface area contributed by atoms with E-state index in [9.17, 15) is 9.59 Å². The lowest BCUT2D eigenvalue weighted by molar-refractivity contribution is -0.926. The van der Waals surface area contributed by atoms with Crippen molar-refractivity contribution in [3.8, 4) is 0 Å². The Morgan fingerprint density at radius 2 is 0.583 bits per heavy atom. The Labute approximate surface area is 374 Å². The smallest absolute Gasteiger partial charge is 0.367 e. The van der Waals surface area contributed by atoms with E-state index in [0.717, 1.165) is 51.9 Å². The normalized spacial score (nSPS) is 15.3. The molecule has 0 aromatic carbocycles. The maximum atomic E-state index is 13.2. The first kappa shape index (κ1) is 58.8. The second-order valence-electron chi connectivity index (χ2n) is 21.0. The molecule has 8 nitrogen and oxygen atoms in total. The first-order valence-corrected chi connectivity index (χ1v) is 25.6. The molecule has 0 aromatic heterocycles. The van der Waals surface area contributed by atoms with Crippen molar-refractivity contribution in [2.75, 3.05) is 67.7 Å². The molecular weight excluding hydrogens is 749 g/mol. The number of likely N-dealkylation sites (N-methyl/N-ethyl adjacent to an activating group) is 2. The van der Waals surface area contributed by atoms with Crippen molar-refractivity contribution in [2.24, 2.45) is 0 Å². The quantitative estimate of drug-likeness (QED) is 0.0347. The number of ether oxygens (including phenoxy) is 4. The molecule has 0 amide bonds. The van der Waals surface area contributed by atoms with Crippen molar-refractivity contribution >= 4 is 11.9 Å². The maximum absolute atomic E-state index is 13.2. The first-order chi connectivity index (χ1) is 28.5.